The van der Waals surface area contributed by atoms with Crippen LogP contribution in [0.3, 0.4) is 0 Å². The molecule has 0 aliphatic heterocycles. The summed E-state index contributed by atoms with van der Waals surface area (Å²) in [6.07, 6.45) is 45.1. The molecule has 0 radical (unpaired) electrons. The maximum absolute atomic E-state index is 13.1. The van der Waals surface area contributed by atoms with E-state index in [1.165, 1.54) is 141 Å². The van der Waals surface area contributed by atoms with Gasteiger partial charge in [-0.1, -0.05) is 141 Å². The Labute approximate surface area is 282 Å². The number of rotatable bonds is 36. The van der Waals surface area contributed by atoms with Crippen LogP contribution in [-0.2, 0) is 9.59 Å². The van der Waals surface area contributed by atoms with Crippen molar-refractivity contribution in [2.24, 2.45) is 5.92 Å². The van der Waals surface area contributed by atoms with Crippen molar-refractivity contribution in [3.63, 3.8) is 0 Å². The molecule has 0 spiro atoms. The molecule has 1 unspecified atom stereocenters. The van der Waals surface area contributed by atoms with E-state index in [1.54, 1.807) is 0 Å². The Morgan fingerprint density at radius 1 is 0.489 bits per heavy atom. The summed E-state index contributed by atoms with van der Waals surface area (Å²) < 4.78 is 0. The fraction of sp³-hybridized carbons (Fsp3) is 0.857. The van der Waals surface area contributed by atoms with E-state index in [-0.39, 0.29) is 5.92 Å². The summed E-state index contributed by atoms with van der Waals surface area (Å²) in [4.78, 5) is 28.0. The first-order valence-electron chi connectivity index (χ1n) is 20.0. The van der Waals surface area contributed by atoms with Crippen molar-refractivity contribution in [3.05, 3.63) is 24.3 Å². The lowest BCUT2D eigenvalue weighted by molar-refractivity contribution is -0.128. The van der Waals surface area contributed by atoms with Crippen LogP contribution in [-0.4, -0.2) is 37.1 Å². The van der Waals surface area contributed by atoms with Gasteiger partial charge in [0.25, 0.3) is 0 Å². The molecule has 3 heteroatoms. The fourth-order valence-electron chi connectivity index (χ4n) is 6.13. The second-order valence-corrected chi connectivity index (χ2v) is 14.2. The summed E-state index contributed by atoms with van der Waals surface area (Å²) in [5.74, 6) is 0.543. The topological polar surface area (TPSA) is 37.4 Å². The summed E-state index contributed by atoms with van der Waals surface area (Å²) in [5, 5.41) is 0. The number of hydrogen-bond acceptors (Lipinski definition) is 3. The molecule has 264 valence electrons. The SMILES string of the molecule is CCCCCCCCC=CCCCCCCCC(=O)CC(CCN(C)C)C(=O)CCCCCCCC=CCCCCCCCC. The van der Waals surface area contributed by atoms with Gasteiger partial charge in [0.2, 0.25) is 0 Å². The molecular weight excluding hydrogens is 550 g/mol. The first-order valence-corrected chi connectivity index (χ1v) is 20.0. The molecule has 0 rings (SSSR count). The summed E-state index contributed by atoms with van der Waals surface area (Å²) in [7, 11) is 4.11. The minimum absolute atomic E-state index is 0.0835. The second-order valence-electron chi connectivity index (χ2n) is 14.2. The van der Waals surface area contributed by atoms with Crippen molar-refractivity contribution in [3.8, 4) is 0 Å². The lowest BCUT2D eigenvalue weighted by Gasteiger charge is -2.18. The lowest BCUT2D eigenvalue weighted by atomic mass is 9.89. The van der Waals surface area contributed by atoms with Gasteiger partial charge in [-0.2, -0.15) is 0 Å². The van der Waals surface area contributed by atoms with Crippen LogP contribution in [0.4, 0.5) is 0 Å². The van der Waals surface area contributed by atoms with Gasteiger partial charge in [0.1, 0.15) is 11.6 Å². The number of ketones is 2. The minimum atomic E-state index is -0.0835. The van der Waals surface area contributed by atoms with Crippen LogP contribution in [0.25, 0.3) is 0 Å². The van der Waals surface area contributed by atoms with E-state index in [1.807, 2.05) is 0 Å². The first kappa shape index (κ1) is 43.8. The maximum Gasteiger partial charge on any atom is 0.136 e. The molecule has 0 amide bonds. The fourth-order valence-corrected chi connectivity index (χ4v) is 6.13. The standard InChI is InChI=1S/C42H79NO2/c1-5-7-9-11-13-15-17-19-21-23-25-27-29-31-33-35-41(44)39-40(37-38-43(3)4)42(45)36-34-32-30-28-26-24-22-20-18-16-14-12-10-8-6-2/h19-22,40H,5-18,23-39H2,1-4H3. The first-order chi connectivity index (χ1) is 22.0. The molecule has 0 aromatic heterocycles. The largest absolute Gasteiger partial charge is 0.309 e. The smallest absolute Gasteiger partial charge is 0.136 e. The van der Waals surface area contributed by atoms with E-state index in [0.717, 1.165) is 38.6 Å². The van der Waals surface area contributed by atoms with E-state index in [4.69, 9.17) is 0 Å². The Morgan fingerprint density at radius 3 is 1.24 bits per heavy atom. The van der Waals surface area contributed by atoms with Crippen LogP contribution < -0.4 is 0 Å². The van der Waals surface area contributed by atoms with Gasteiger partial charge in [-0.05, 0) is 91.3 Å². The number of carbonyl (C=O) groups is 2. The van der Waals surface area contributed by atoms with Crippen LogP contribution in [0.15, 0.2) is 24.3 Å². The molecule has 0 aliphatic carbocycles. The zero-order chi connectivity index (χ0) is 33.1. The van der Waals surface area contributed by atoms with Gasteiger partial charge in [-0.25, -0.2) is 0 Å². The van der Waals surface area contributed by atoms with Crippen molar-refractivity contribution in [1.29, 1.82) is 0 Å². The number of nitrogens with zero attached hydrogens (tertiary/aromatic N) is 1. The maximum atomic E-state index is 13.1. The Kier molecular flexibility index (Phi) is 34.7. The Bertz CT molecular complexity index is 695. The molecule has 0 N–H and O–H groups in total. The molecule has 0 fully saturated rings. The molecule has 1 atom stereocenters. The van der Waals surface area contributed by atoms with Crippen molar-refractivity contribution in [1.82, 2.24) is 4.90 Å². The highest BCUT2D eigenvalue weighted by molar-refractivity contribution is 5.87. The molecule has 0 aromatic rings. The third kappa shape index (κ3) is 33.9. The lowest BCUT2D eigenvalue weighted by Crippen LogP contribution is -2.24. The Balaban J connectivity index is 3.91. The normalized spacial score (nSPS) is 12.6. The Morgan fingerprint density at radius 2 is 0.844 bits per heavy atom. The average molecular weight is 630 g/mol. The van der Waals surface area contributed by atoms with Gasteiger partial charge >= 0.3 is 0 Å². The molecule has 3 nitrogen and oxygen atoms in total. The highest BCUT2D eigenvalue weighted by atomic mass is 16.1. The van der Waals surface area contributed by atoms with Crippen LogP contribution in [0, 0.1) is 5.92 Å². The number of carbonyl (C=O) groups excluding carboxylic acids is 2. The van der Waals surface area contributed by atoms with Gasteiger partial charge in [0.05, 0.1) is 0 Å². The monoisotopic (exact) mass is 630 g/mol. The number of allylic oxidation sites excluding steroid dienone is 4. The number of Topliss-reactive ketones (excluding diaryl/α,β-unsaturated/α-hetero) is 2. The van der Waals surface area contributed by atoms with Crippen LogP contribution in [0.2, 0.25) is 0 Å². The van der Waals surface area contributed by atoms with Gasteiger partial charge in [-0.3, -0.25) is 9.59 Å². The predicted octanol–water partition coefficient (Wildman–Crippen LogP) is 13.2. The van der Waals surface area contributed by atoms with Crippen molar-refractivity contribution in [2.75, 3.05) is 20.6 Å². The Hall–Kier alpha value is -1.22. The second kappa shape index (κ2) is 35.6. The molecular formula is C42H79NO2. The van der Waals surface area contributed by atoms with Crippen LogP contribution in [0.5, 0.6) is 0 Å². The van der Waals surface area contributed by atoms with Crippen LogP contribution in [0.1, 0.15) is 206 Å². The predicted molar refractivity (Wildman–Crippen MR) is 200 cm³/mol. The van der Waals surface area contributed by atoms with E-state index in [2.05, 4.69) is 57.1 Å². The van der Waals surface area contributed by atoms with E-state index >= 15 is 0 Å². The summed E-state index contributed by atoms with van der Waals surface area (Å²) in [5.41, 5.74) is 0. The zero-order valence-corrected chi connectivity index (χ0v) is 31.1. The third-order valence-corrected chi connectivity index (χ3v) is 9.26. The summed E-state index contributed by atoms with van der Waals surface area (Å²) in [6, 6.07) is 0. The average Bonchev–Trinajstić information content (AvgIpc) is 3.02. The molecule has 0 saturated carbocycles. The van der Waals surface area contributed by atoms with Gasteiger partial charge in [-0.15, -0.1) is 0 Å². The van der Waals surface area contributed by atoms with Crippen molar-refractivity contribution < 1.29 is 9.59 Å². The molecule has 0 heterocycles. The number of unbranched alkanes of at least 4 members (excludes halogenated alkanes) is 22. The highest BCUT2D eigenvalue weighted by Crippen LogP contribution is 2.19. The minimum Gasteiger partial charge on any atom is -0.309 e. The summed E-state index contributed by atoms with van der Waals surface area (Å²) in [6.45, 7) is 5.43. The van der Waals surface area contributed by atoms with Gasteiger partial charge in [0, 0.05) is 25.2 Å². The zero-order valence-electron chi connectivity index (χ0n) is 31.1. The molecule has 0 saturated heterocycles. The summed E-state index contributed by atoms with van der Waals surface area (Å²) >= 11 is 0. The third-order valence-electron chi connectivity index (χ3n) is 9.26. The highest BCUT2D eigenvalue weighted by Gasteiger charge is 2.21. The van der Waals surface area contributed by atoms with E-state index in [9.17, 15) is 9.59 Å². The van der Waals surface area contributed by atoms with E-state index in [0.29, 0.717) is 30.8 Å². The van der Waals surface area contributed by atoms with Crippen molar-refractivity contribution in [2.45, 2.75) is 206 Å². The van der Waals surface area contributed by atoms with Crippen LogP contribution >= 0.6 is 0 Å². The number of hydrogen-bond donors (Lipinski definition) is 0. The molecule has 45 heavy (non-hydrogen) atoms. The molecule has 0 bridgehead atoms. The van der Waals surface area contributed by atoms with E-state index < -0.39 is 0 Å². The molecule has 0 aromatic carbocycles. The van der Waals surface area contributed by atoms with Crippen molar-refractivity contribution >= 4 is 11.6 Å². The molecule has 0 aliphatic rings. The van der Waals surface area contributed by atoms with Gasteiger partial charge in [0.15, 0.2) is 0 Å². The van der Waals surface area contributed by atoms with Gasteiger partial charge < -0.3 is 4.90 Å². The quantitative estimate of drug-likeness (QED) is 0.0511.